The minimum atomic E-state index is -0.108. The molecule has 8 heteroatoms. The first-order valence-electron chi connectivity index (χ1n) is 17.3. The van der Waals surface area contributed by atoms with Gasteiger partial charge in [-0.25, -0.2) is 9.97 Å². The third-order valence-corrected chi connectivity index (χ3v) is 13.1. The van der Waals surface area contributed by atoms with Gasteiger partial charge in [-0.15, -0.1) is 22.7 Å². The van der Waals surface area contributed by atoms with Gasteiger partial charge in [-0.05, 0) is 110 Å². The van der Waals surface area contributed by atoms with Gasteiger partial charge in [-0.1, -0.05) is 50.7 Å². The Labute approximate surface area is 285 Å². The molecule has 2 aromatic rings. The second-order valence-corrected chi connectivity index (χ2v) is 15.5. The molecular weight excluding hydrogens is 617 g/mol. The van der Waals surface area contributed by atoms with Gasteiger partial charge in [0.25, 0.3) is 0 Å². The van der Waals surface area contributed by atoms with Crippen molar-refractivity contribution >= 4 is 45.0 Å². The molecule has 5 aliphatic rings. The second kappa shape index (κ2) is 13.6. The van der Waals surface area contributed by atoms with Crippen molar-refractivity contribution in [2.75, 3.05) is 0 Å². The number of nitrogens with zero attached hydrogens (tertiary/aromatic N) is 6. The van der Waals surface area contributed by atoms with Gasteiger partial charge in [-0.2, -0.15) is 21.0 Å². The molecule has 0 amide bonds. The quantitative estimate of drug-likeness (QED) is 0.297. The molecule has 47 heavy (non-hydrogen) atoms. The predicted molar refractivity (Wildman–Crippen MR) is 187 cm³/mol. The van der Waals surface area contributed by atoms with Crippen molar-refractivity contribution in [3.63, 3.8) is 0 Å². The van der Waals surface area contributed by atoms with Crippen LogP contribution in [0.1, 0.15) is 140 Å². The molecule has 1 fully saturated rings. The topological polar surface area (TPSA) is 121 Å². The zero-order valence-electron chi connectivity index (χ0n) is 26.9. The molecule has 0 aliphatic heterocycles. The van der Waals surface area contributed by atoms with Crippen molar-refractivity contribution < 1.29 is 0 Å². The average molecular weight is 655 g/mol. The minimum Gasteiger partial charge on any atom is -0.241 e. The summed E-state index contributed by atoms with van der Waals surface area (Å²) in [6.45, 7) is 0. The Morgan fingerprint density at radius 2 is 1.11 bits per heavy atom. The molecule has 236 valence electrons. The third kappa shape index (κ3) is 5.74. The standard InChI is InChI=1S/C39H38N6S2/c40-21-29(22-41)25-11-9-13-27(19-25)37-44-32-16-6-3-1-2-5-15-31-33(35(32)47-37)39(17-7-4-8-18-39)36-34(31)46-38(45-36)28-14-10-12-26(20-28)30(23-42)24-43/h19-20H,1-18H2. The molecule has 0 unspecified atom stereocenters. The van der Waals surface area contributed by atoms with Crippen LogP contribution in [0.4, 0.5) is 0 Å². The van der Waals surface area contributed by atoms with Crippen molar-refractivity contribution in [1.82, 2.24) is 9.97 Å². The lowest BCUT2D eigenvalue weighted by Gasteiger charge is -2.36. The highest BCUT2D eigenvalue weighted by Crippen LogP contribution is 2.62. The fourth-order valence-corrected chi connectivity index (χ4v) is 11.1. The van der Waals surface area contributed by atoms with E-state index in [1.807, 2.05) is 22.7 Å². The Balaban J connectivity index is 1.40. The van der Waals surface area contributed by atoms with Gasteiger partial charge < -0.3 is 0 Å². The summed E-state index contributed by atoms with van der Waals surface area (Å²) < 4.78 is 0. The summed E-state index contributed by atoms with van der Waals surface area (Å²) >= 11 is 3.69. The monoisotopic (exact) mass is 654 g/mol. The number of thiazole rings is 2. The summed E-state index contributed by atoms with van der Waals surface area (Å²) in [7, 11) is 0. The number of hydrogen-bond donors (Lipinski definition) is 0. The van der Waals surface area contributed by atoms with E-state index in [4.69, 9.17) is 9.97 Å². The number of aryl methyl sites for hydroxylation is 1. The fraction of sp³-hybridized carbons (Fsp3) is 0.487. The Kier molecular flexibility index (Phi) is 9.10. The van der Waals surface area contributed by atoms with Gasteiger partial charge in [0.1, 0.15) is 45.4 Å². The Hall–Kier alpha value is -4.08. The molecule has 0 radical (unpaired) electrons. The van der Waals surface area contributed by atoms with Crippen molar-refractivity contribution in [3.05, 3.63) is 65.6 Å². The van der Waals surface area contributed by atoms with E-state index in [1.165, 1.54) is 82.8 Å². The second-order valence-electron chi connectivity index (χ2n) is 13.5. The smallest absolute Gasteiger partial charge is 0.132 e. The zero-order chi connectivity index (χ0) is 32.4. The van der Waals surface area contributed by atoms with E-state index < -0.39 is 0 Å². The maximum absolute atomic E-state index is 9.56. The Bertz CT molecular complexity index is 1910. The average Bonchev–Trinajstić information content (AvgIpc) is 3.79. The summed E-state index contributed by atoms with van der Waals surface area (Å²) in [5, 5.41) is 40.3. The molecule has 1 saturated carbocycles. The third-order valence-electron chi connectivity index (χ3n) is 10.7. The predicted octanol–water partition coefficient (Wildman–Crippen LogP) is 10.4. The fourth-order valence-electron chi connectivity index (χ4n) is 8.44. The number of fused-ring (bicyclic) bond motifs is 6. The van der Waals surface area contributed by atoms with E-state index >= 15 is 0 Å². The van der Waals surface area contributed by atoms with Crippen molar-refractivity contribution in [2.24, 2.45) is 0 Å². The van der Waals surface area contributed by atoms with Gasteiger partial charge in [0.05, 0.1) is 21.1 Å². The van der Waals surface area contributed by atoms with E-state index in [1.54, 1.807) is 0 Å². The molecule has 0 bridgehead atoms. The lowest BCUT2D eigenvalue weighted by Crippen LogP contribution is -2.29. The number of aromatic nitrogens is 2. The van der Waals surface area contributed by atoms with E-state index in [0.29, 0.717) is 0 Å². The molecule has 7 rings (SSSR count). The van der Waals surface area contributed by atoms with Crippen LogP contribution in [0.3, 0.4) is 0 Å². The van der Waals surface area contributed by atoms with Crippen LogP contribution < -0.4 is 0 Å². The highest BCUT2D eigenvalue weighted by Gasteiger charge is 2.50. The normalized spacial score (nSPS) is 20.7. The van der Waals surface area contributed by atoms with Crippen LogP contribution >= 0.6 is 22.7 Å². The molecular formula is C39H38N6S2. The van der Waals surface area contributed by atoms with Crippen LogP contribution in [-0.2, 0) is 11.8 Å². The number of allylic oxidation sites excluding steroid dienone is 10. The summed E-state index contributed by atoms with van der Waals surface area (Å²) in [5.41, 5.74) is 9.86. The highest BCUT2D eigenvalue weighted by atomic mass is 32.1. The first kappa shape index (κ1) is 31.5. The summed E-state index contributed by atoms with van der Waals surface area (Å²) in [6.07, 6.45) is 23.3. The van der Waals surface area contributed by atoms with E-state index in [0.717, 1.165) is 97.4 Å². The number of nitriles is 4. The Morgan fingerprint density at radius 1 is 0.574 bits per heavy atom. The van der Waals surface area contributed by atoms with Gasteiger partial charge in [-0.3, -0.25) is 0 Å². The summed E-state index contributed by atoms with van der Waals surface area (Å²) in [4.78, 5) is 13.6. The summed E-state index contributed by atoms with van der Waals surface area (Å²) in [6, 6.07) is 8.42. The van der Waals surface area contributed by atoms with Crippen molar-refractivity contribution in [3.8, 4) is 24.3 Å². The van der Waals surface area contributed by atoms with Crippen LogP contribution in [0.25, 0.3) is 22.3 Å². The lowest BCUT2D eigenvalue weighted by atomic mass is 9.68. The van der Waals surface area contributed by atoms with Crippen LogP contribution in [-0.4, -0.2) is 9.97 Å². The zero-order valence-corrected chi connectivity index (χ0v) is 28.5. The highest BCUT2D eigenvalue weighted by molar-refractivity contribution is 7.15. The molecule has 5 aliphatic carbocycles. The van der Waals surface area contributed by atoms with Gasteiger partial charge in [0, 0.05) is 5.41 Å². The molecule has 0 saturated heterocycles. The molecule has 2 aromatic heterocycles. The first-order chi connectivity index (χ1) is 23.1. The largest absolute Gasteiger partial charge is 0.241 e. The van der Waals surface area contributed by atoms with Crippen LogP contribution in [0, 0.1) is 45.3 Å². The summed E-state index contributed by atoms with van der Waals surface area (Å²) in [5.74, 6) is 0. The molecule has 1 spiro atoms. The minimum absolute atomic E-state index is 0.108. The van der Waals surface area contributed by atoms with E-state index in [9.17, 15) is 21.0 Å². The first-order valence-corrected chi connectivity index (χ1v) is 19.0. The lowest BCUT2D eigenvalue weighted by molar-refractivity contribution is 0.366. The maximum atomic E-state index is 9.56. The number of hydrogen-bond acceptors (Lipinski definition) is 8. The Morgan fingerprint density at radius 3 is 1.72 bits per heavy atom. The molecule has 0 N–H and O–H groups in total. The van der Waals surface area contributed by atoms with Gasteiger partial charge >= 0.3 is 0 Å². The van der Waals surface area contributed by atoms with Crippen LogP contribution in [0.2, 0.25) is 0 Å². The van der Waals surface area contributed by atoms with Crippen LogP contribution in [0.5, 0.6) is 0 Å². The number of rotatable bonds is 2. The van der Waals surface area contributed by atoms with Gasteiger partial charge in [0.15, 0.2) is 0 Å². The molecule has 0 atom stereocenters. The van der Waals surface area contributed by atoms with Crippen molar-refractivity contribution in [2.45, 2.75) is 121 Å². The van der Waals surface area contributed by atoms with E-state index in [2.05, 4.69) is 36.4 Å². The van der Waals surface area contributed by atoms with Crippen molar-refractivity contribution in [1.29, 1.82) is 21.0 Å². The van der Waals surface area contributed by atoms with Crippen LogP contribution in [0.15, 0.2) is 34.4 Å². The molecule has 0 aromatic carbocycles. The molecule has 6 nitrogen and oxygen atoms in total. The SMILES string of the molecule is N#CC(C#N)=C1C=C(c2nc3c(s2)C2=C(CCCCCCC3)c3sc(C4=CC(=C(C#N)C#N)CCC4)nc3C23CCCCC3)CCC1. The van der Waals surface area contributed by atoms with E-state index in [-0.39, 0.29) is 16.6 Å². The molecule has 2 heterocycles. The van der Waals surface area contributed by atoms with Gasteiger partial charge in [0.2, 0.25) is 0 Å². The maximum Gasteiger partial charge on any atom is 0.132 e.